The van der Waals surface area contributed by atoms with E-state index in [0.29, 0.717) is 11.5 Å². The standard InChI is InChI=1S/C25H29N3O3/c1-16-10-17(2)12-19(11-16)28-23-7-5-6-22(21(23)15-26-28)27-25(29)14-18-13-20(30-3)8-9-24(18)31-4/h8-13,15,22H,5-7,14H2,1-4H3,(H,27,29)/t22-/m1/s1. The summed E-state index contributed by atoms with van der Waals surface area (Å²) in [6.07, 6.45) is 5.02. The second kappa shape index (κ2) is 8.84. The third-order valence-electron chi connectivity index (χ3n) is 5.81. The van der Waals surface area contributed by atoms with Gasteiger partial charge in [0.05, 0.1) is 38.6 Å². The van der Waals surface area contributed by atoms with Gasteiger partial charge in [-0.05, 0) is 74.6 Å². The minimum Gasteiger partial charge on any atom is -0.497 e. The predicted octanol–water partition coefficient (Wildman–Crippen LogP) is 4.24. The lowest BCUT2D eigenvalue weighted by Crippen LogP contribution is -2.32. The molecule has 0 aliphatic heterocycles. The van der Waals surface area contributed by atoms with Gasteiger partial charge in [-0.1, -0.05) is 6.07 Å². The van der Waals surface area contributed by atoms with E-state index in [1.54, 1.807) is 14.2 Å². The van der Waals surface area contributed by atoms with Crippen LogP contribution in [0.1, 0.15) is 46.8 Å². The number of hydrogen-bond donors (Lipinski definition) is 1. The van der Waals surface area contributed by atoms with Crippen LogP contribution in [-0.4, -0.2) is 29.9 Å². The fourth-order valence-corrected chi connectivity index (χ4v) is 4.44. The van der Waals surface area contributed by atoms with Gasteiger partial charge >= 0.3 is 0 Å². The first-order valence-corrected chi connectivity index (χ1v) is 10.6. The highest BCUT2D eigenvalue weighted by molar-refractivity contribution is 5.80. The highest BCUT2D eigenvalue weighted by Crippen LogP contribution is 2.32. The molecule has 3 aromatic rings. The summed E-state index contributed by atoms with van der Waals surface area (Å²) in [4.78, 5) is 12.9. The Bertz CT molecular complexity index is 1080. The topological polar surface area (TPSA) is 65.4 Å². The second-order valence-electron chi connectivity index (χ2n) is 8.17. The van der Waals surface area contributed by atoms with Gasteiger partial charge in [0.25, 0.3) is 0 Å². The van der Waals surface area contributed by atoms with Crippen LogP contribution < -0.4 is 14.8 Å². The third-order valence-corrected chi connectivity index (χ3v) is 5.81. The maximum atomic E-state index is 12.9. The number of benzene rings is 2. The predicted molar refractivity (Wildman–Crippen MR) is 120 cm³/mol. The van der Waals surface area contributed by atoms with Crippen LogP contribution in [0.3, 0.4) is 0 Å². The van der Waals surface area contributed by atoms with Gasteiger partial charge in [-0.2, -0.15) is 5.10 Å². The minimum atomic E-state index is -0.0384. The van der Waals surface area contributed by atoms with Crippen molar-refractivity contribution in [1.29, 1.82) is 0 Å². The lowest BCUT2D eigenvalue weighted by molar-refractivity contribution is -0.121. The molecule has 6 nitrogen and oxygen atoms in total. The number of aryl methyl sites for hydroxylation is 2. The molecule has 0 unspecified atom stereocenters. The summed E-state index contributed by atoms with van der Waals surface area (Å²) in [6.45, 7) is 4.20. The van der Waals surface area contributed by atoms with Crippen LogP contribution in [0.5, 0.6) is 11.5 Å². The molecule has 1 aromatic heterocycles. The van der Waals surface area contributed by atoms with Gasteiger partial charge in [0.1, 0.15) is 11.5 Å². The fourth-order valence-electron chi connectivity index (χ4n) is 4.44. The molecule has 1 aliphatic carbocycles. The Morgan fingerprint density at radius 3 is 2.61 bits per heavy atom. The molecule has 0 spiro atoms. The van der Waals surface area contributed by atoms with Crippen LogP contribution >= 0.6 is 0 Å². The van der Waals surface area contributed by atoms with Crippen molar-refractivity contribution in [3.63, 3.8) is 0 Å². The zero-order valence-corrected chi connectivity index (χ0v) is 18.6. The summed E-state index contributed by atoms with van der Waals surface area (Å²) in [6, 6.07) is 11.9. The number of nitrogens with one attached hydrogen (secondary N) is 1. The summed E-state index contributed by atoms with van der Waals surface area (Å²) in [5, 5.41) is 7.88. The summed E-state index contributed by atoms with van der Waals surface area (Å²) in [5.41, 5.74) is 6.60. The molecule has 0 bridgehead atoms. The molecule has 31 heavy (non-hydrogen) atoms. The van der Waals surface area contributed by atoms with Crippen LogP contribution in [0, 0.1) is 13.8 Å². The van der Waals surface area contributed by atoms with Crippen molar-refractivity contribution in [2.45, 2.75) is 45.6 Å². The van der Waals surface area contributed by atoms with E-state index in [2.05, 4.69) is 42.5 Å². The zero-order chi connectivity index (χ0) is 22.0. The van der Waals surface area contributed by atoms with E-state index in [9.17, 15) is 4.79 Å². The van der Waals surface area contributed by atoms with E-state index in [-0.39, 0.29) is 18.4 Å². The molecule has 2 aromatic carbocycles. The zero-order valence-electron chi connectivity index (χ0n) is 18.6. The number of aromatic nitrogens is 2. The first kappa shape index (κ1) is 21.0. The highest BCUT2D eigenvalue weighted by atomic mass is 16.5. The molecule has 1 heterocycles. The van der Waals surface area contributed by atoms with Crippen molar-refractivity contribution < 1.29 is 14.3 Å². The number of ether oxygens (including phenoxy) is 2. The van der Waals surface area contributed by atoms with E-state index < -0.39 is 0 Å². The molecule has 1 aliphatic rings. The number of methoxy groups -OCH3 is 2. The summed E-state index contributed by atoms with van der Waals surface area (Å²) in [7, 11) is 3.22. The maximum Gasteiger partial charge on any atom is 0.225 e. The normalized spacial score (nSPS) is 15.3. The summed E-state index contributed by atoms with van der Waals surface area (Å²) < 4.78 is 12.7. The van der Waals surface area contributed by atoms with Crippen LogP contribution in [0.2, 0.25) is 0 Å². The number of hydrogen-bond acceptors (Lipinski definition) is 4. The Morgan fingerprint density at radius 2 is 1.90 bits per heavy atom. The summed E-state index contributed by atoms with van der Waals surface area (Å²) >= 11 is 0. The molecule has 162 valence electrons. The number of fused-ring (bicyclic) bond motifs is 1. The maximum absolute atomic E-state index is 12.9. The van der Waals surface area contributed by atoms with Crippen LogP contribution in [0.4, 0.5) is 0 Å². The minimum absolute atomic E-state index is 0.0347. The van der Waals surface area contributed by atoms with Crippen molar-refractivity contribution in [2.75, 3.05) is 14.2 Å². The quantitative estimate of drug-likeness (QED) is 0.649. The highest BCUT2D eigenvalue weighted by Gasteiger charge is 2.26. The van der Waals surface area contributed by atoms with Crippen molar-refractivity contribution in [1.82, 2.24) is 15.1 Å². The largest absolute Gasteiger partial charge is 0.497 e. The van der Waals surface area contributed by atoms with Gasteiger partial charge in [-0.3, -0.25) is 4.79 Å². The SMILES string of the molecule is COc1ccc(OC)c(CC(=O)N[C@@H]2CCCc3c2cnn3-c2cc(C)cc(C)c2)c1. The Morgan fingerprint density at radius 1 is 1.13 bits per heavy atom. The molecule has 1 N–H and O–H groups in total. The molecule has 0 saturated heterocycles. The monoisotopic (exact) mass is 419 g/mol. The Kier molecular flexibility index (Phi) is 5.98. The molecule has 0 saturated carbocycles. The average Bonchev–Trinajstić information content (AvgIpc) is 3.18. The third kappa shape index (κ3) is 4.43. The van der Waals surface area contributed by atoms with E-state index in [4.69, 9.17) is 9.47 Å². The lowest BCUT2D eigenvalue weighted by Gasteiger charge is -2.24. The van der Waals surface area contributed by atoms with Crippen molar-refractivity contribution >= 4 is 5.91 Å². The molecular weight excluding hydrogens is 390 g/mol. The molecule has 1 amide bonds. The number of nitrogens with zero attached hydrogens (tertiary/aromatic N) is 2. The van der Waals surface area contributed by atoms with Gasteiger partial charge in [-0.25, -0.2) is 4.68 Å². The molecule has 6 heteroatoms. The lowest BCUT2D eigenvalue weighted by atomic mass is 9.92. The van der Waals surface area contributed by atoms with Crippen LogP contribution in [0.15, 0.2) is 42.6 Å². The number of carbonyl (C=O) groups excluding carboxylic acids is 1. The number of rotatable bonds is 6. The van der Waals surface area contributed by atoms with E-state index in [1.807, 2.05) is 29.1 Å². The first-order chi connectivity index (χ1) is 15.0. The first-order valence-electron chi connectivity index (χ1n) is 10.6. The van der Waals surface area contributed by atoms with Gasteiger partial charge in [-0.15, -0.1) is 0 Å². The van der Waals surface area contributed by atoms with Crippen molar-refractivity contribution in [2.24, 2.45) is 0 Å². The van der Waals surface area contributed by atoms with E-state index in [1.165, 1.54) is 16.8 Å². The van der Waals surface area contributed by atoms with Gasteiger partial charge in [0.2, 0.25) is 5.91 Å². The van der Waals surface area contributed by atoms with Crippen LogP contribution in [0.25, 0.3) is 5.69 Å². The average molecular weight is 420 g/mol. The van der Waals surface area contributed by atoms with Crippen molar-refractivity contribution in [3.8, 4) is 17.2 Å². The van der Waals surface area contributed by atoms with E-state index >= 15 is 0 Å². The van der Waals surface area contributed by atoms with E-state index in [0.717, 1.165) is 36.1 Å². The second-order valence-corrected chi connectivity index (χ2v) is 8.17. The Labute approximate surface area is 183 Å². The summed E-state index contributed by atoms with van der Waals surface area (Å²) in [5.74, 6) is 1.35. The molecule has 0 radical (unpaired) electrons. The Balaban J connectivity index is 1.54. The molecule has 0 fully saturated rings. The molecule has 1 atom stereocenters. The van der Waals surface area contributed by atoms with Gasteiger partial charge < -0.3 is 14.8 Å². The van der Waals surface area contributed by atoms with Crippen LogP contribution in [-0.2, 0) is 17.6 Å². The van der Waals surface area contributed by atoms with Gasteiger partial charge in [0.15, 0.2) is 0 Å². The van der Waals surface area contributed by atoms with Gasteiger partial charge in [0, 0.05) is 16.8 Å². The number of amides is 1. The molecule has 4 rings (SSSR count). The Hall–Kier alpha value is -3.28. The fraction of sp³-hybridized carbons (Fsp3) is 0.360. The smallest absolute Gasteiger partial charge is 0.225 e. The molecular formula is C25H29N3O3. The number of carbonyl (C=O) groups is 1. The van der Waals surface area contributed by atoms with Crippen molar-refractivity contribution in [3.05, 3.63) is 70.5 Å².